The zero-order valence-corrected chi connectivity index (χ0v) is 15.8. The van der Waals surface area contributed by atoms with Crippen LogP contribution in [0.5, 0.6) is 0 Å². The third kappa shape index (κ3) is 5.58. The number of carbonyl (C=O) groups is 2. The zero-order chi connectivity index (χ0) is 19.3. The van der Waals surface area contributed by atoms with Gasteiger partial charge in [-0.05, 0) is 69.2 Å². The van der Waals surface area contributed by atoms with Gasteiger partial charge < -0.3 is 14.8 Å². The third-order valence-corrected chi connectivity index (χ3v) is 3.45. The van der Waals surface area contributed by atoms with Gasteiger partial charge in [-0.2, -0.15) is 0 Å². The summed E-state index contributed by atoms with van der Waals surface area (Å²) in [6.45, 7) is 7.67. The Bertz CT molecular complexity index is 810. The lowest BCUT2D eigenvalue weighted by atomic mass is 10.0. The third-order valence-electron chi connectivity index (χ3n) is 3.45. The molecule has 0 saturated heterocycles. The first-order valence-electron chi connectivity index (χ1n) is 8.30. The van der Waals surface area contributed by atoms with E-state index in [9.17, 15) is 9.59 Å². The molecule has 6 nitrogen and oxygen atoms in total. The molecule has 2 rings (SSSR count). The van der Waals surface area contributed by atoms with Crippen LogP contribution in [0, 0.1) is 6.92 Å². The minimum atomic E-state index is -0.542. The quantitative estimate of drug-likeness (QED) is 0.842. The average molecular weight is 356 g/mol. The molecule has 1 amide bonds. The Morgan fingerprint density at radius 1 is 1.15 bits per heavy atom. The topological polar surface area (TPSA) is 77.5 Å². The van der Waals surface area contributed by atoms with Gasteiger partial charge in [0, 0.05) is 18.3 Å². The van der Waals surface area contributed by atoms with Crippen molar-refractivity contribution in [1.29, 1.82) is 0 Å². The van der Waals surface area contributed by atoms with Crippen LogP contribution in [0.4, 0.5) is 4.79 Å². The van der Waals surface area contributed by atoms with E-state index in [1.807, 2.05) is 45.9 Å². The van der Waals surface area contributed by atoms with Crippen molar-refractivity contribution in [2.24, 2.45) is 0 Å². The predicted octanol–water partition coefficient (Wildman–Crippen LogP) is 3.87. The number of esters is 1. The summed E-state index contributed by atoms with van der Waals surface area (Å²) in [4.78, 5) is 28.0. The van der Waals surface area contributed by atoms with Crippen LogP contribution in [0.15, 0.2) is 36.5 Å². The van der Waals surface area contributed by atoms with E-state index in [-0.39, 0.29) is 0 Å². The van der Waals surface area contributed by atoms with Gasteiger partial charge >= 0.3 is 12.1 Å². The molecule has 0 unspecified atom stereocenters. The first kappa shape index (κ1) is 19.4. The SMILES string of the molecule is COC(=O)c1cc(C)cc(-c2cc(CNC(=O)OC(C)(C)C)ccn2)c1. The number of pyridine rings is 1. The van der Waals surface area contributed by atoms with Crippen LogP contribution in [0.2, 0.25) is 0 Å². The fourth-order valence-electron chi connectivity index (χ4n) is 2.40. The molecule has 0 atom stereocenters. The highest BCUT2D eigenvalue weighted by Gasteiger charge is 2.16. The predicted molar refractivity (Wildman–Crippen MR) is 98.8 cm³/mol. The number of nitrogens with one attached hydrogen (secondary N) is 1. The van der Waals surface area contributed by atoms with Crippen molar-refractivity contribution >= 4 is 12.1 Å². The highest BCUT2D eigenvalue weighted by atomic mass is 16.6. The van der Waals surface area contributed by atoms with Crippen LogP contribution >= 0.6 is 0 Å². The highest BCUT2D eigenvalue weighted by molar-refractivity contribution is 5.91. The summed E-state index contributed by atoms with van der Waals surface area (Å²) in [7, 11) is 1.35. The number of ether oxygens (including phenoxy) is 2. The molecule has 1 aromatic carbocycles. The van der Waals surface area contributed by atoms with Crippen molar-refractivity contribution < 1.29 is 19.1 Å². The van der Waals surface area contributed by atoms with E-state index in [1.165, 1.54) is 7.11 Å². The van der Waals surface area contributed by atoms with Gasteiger partial charge in [0.1, 0.15) is 5.60 Å². The van der Waals surface area contributed by atoms with Gasteiger partial charge in [0.05, 0.1) is 18.4 Å². The van der Waals surface area contributed by atoms with Crippen LogP contribution < -0.4 is 5.32 Å². The van der Waals surface area contributed by atoms with Crippen LogP contribution in [-0.2, 0) is 16.0 Å². The Morgan fingerprint density at radius 3 is 2.54 bits per heavy atom. The molecule has 0 saturated carbocycles. The fraction of sp³-hybridized carbons (Fsp3) is 0.350. The summed E-state index contributed by atoms with van der Waals surface area (Å²) < 4.78 is 10.0. The molecular formula is C20H24N2O4. The maximum absolute atomic E-state index is 11.8. The number of carbonyl (C=O) groups excluding carboxylic acids is 2. The van der Waals surface area contributed by atoms with Gasteiger partial charge in [0.15, 0.2) is 0 Å². The first-order chi connectivity index (χ1) is 12.2. The smallest absolute Gasteiger partial charge is 0.407 e. The molecular weight excluding hydrogens is 332 g/mol. The van der Waals surface area contributed by atoms with Crippen LogP contribution in [0.3, 0.4) is 0 Å². The van der Waals surface area contributed by atoms with E-state index < -0.39 is 17.7 Å². The summed E-state index contributed by atoms with van der Waals surface area (Å²) >= 11 is 0. The molecule has 0 fully saturated rings. The van der Waals surface area contributed by atoms with E-state index in [1.54, 1.807) is 18.3 Å². The molecule has 0 spiro atoms. The molecule has 1 heterocycles. The Morgan fingerprint density at radius 2 is 1.88 bits per heavy atom. The van der Waals surface area contributed by atoms with Gasteiger partial charge in [-0.1, -0.05) is 0 Å². The van der Waals surface area contributed by atoms with Crippen molar-refractivity contribution in [3.05, 3.63) is 53.2 Å². The molecule has 0 radical (unpaired) electrons. The van der Waals surface area contributed by atoms with Gasteiger partial charge in [0.2, 0.25) is 0 Å². The molecule has 1 aromatic heterocycles. The molecule has 6 heteroatoms. The first-order valence-corrected chi connectivity index (χ1v) is 8.30. The van der Waals surface area contributed by atoms with E-state index in [0.29, 0.717) is 17.8 Å². The molecule has 1 N–H and O–H groups in total. The lowest BCUT2D eigenvalue weighted by Gasteiger charge is -2.19. The van der Waals surface area contributed by atoms with Crippen LogP contribution in [0.25, 0.3) is 11.3 Å². The van der Waals surface area contributed by atoms with Gasteiger partial charge in [-0.3, -0.25) is 4.98 Å². The number of aromatic nitrogens is 1. The second-order valence-corrected chi connectivity index (χ2v) is 6.98. The Kier molecular flexibility index (Phi) is 5.97. The van der Waals surface area contributed by atoms with Gasteiger partial charge in [-0.25, -0.2) is 9.59 Å². The lowest BCUT2D eigenvalue weighted by Crippen LogP contribution is -2.32. The normalized spacial score (nSPS) is 11.0. The number of hydrogen-bond acceptors (Lipinski definition) is 5. The number of benzene rings is 1. The highest BCUT2D eigenvalue weighted by Crippen LogP contribution is 2.22. The Labute approximate surface area is 153 Å². The van der Waals surface area contributed by atoms with Crippen molar-refractivity contribution in [1.82, 2.24) is 10.3 Å². The number of nitrogens with zero attached hydrogens (tertiary/aromatic N) is 1. The van der Waals surface area contributed by atoms with Crippen LogP contribution in [0.1, 0.15) is 42.3 Å². The summed E-state index contributed by atoms with van der Waals surface area (Å²) in [5.41, 5.74) is 3.26. The Balaban J connectivity index is 2.18. The number of hydrogen-bond donors (Lipinski definition) is 1. The summed E-state index contributed by atoms with van der Waals surface area (Å²) in [6, 6.07) is 9.14. The van der Waals surface area contributed by atoms with E-state index in [4.69, 9.17) is 9.47 Å². The standard InChI is InChI=1S/C20H24N2O4/c1-13-8-15(11-16(9-13)18(23)25-5)17-10-14(6-7-21-17)12-22-19(24)26-20(2,3)4/h6-11H,12H2,1-5H3,(H,22,24). The molecule has 2 aromatic rings. The molecule has 0 aliphatic rings. The minimum Gasteiger partial charge on any atom is -0.465 e. The number of amides is 1. The number of aryl methyl sites for hydroxylation is 1. The zero-order valence-electron chi connectivity index (χ0n) is 15.8. The van der Waals surface area contributed by atoms with Crippen molar-refractivity contribution in [3.63, 3.8) is 0 Å². The van der Waals surface area contributed by atoms with Gasteiger partial charge in [0.25, 0.3) is 0 Å². The lowest BCUT2D eigenvalue weighted by molar-refractivity contribution is 0.0522. The molecule has 0 aliphatic carbocycles. The summed E-state index contributed by atoms with van der Waals surface area (Å²) in [5, 5.41) is 2.72. The molecule has 138 valence electrons. The monoisotopic (exact) mass is 356 g/mol. The Hall–Kier alpha value is -2.89. The van der Waals surface area contributed by atoms with Crippen molar-refractivity contribution in [2.45, 2.75) is 39.8 Å². The fourth-order valence-corrected chi connectivity index (χ4v) is 2.40. The average Bonchev–Trinajstić information content (AvgIpc) is 2.57. The maximum Gasteiger partial charge on any atom is 0.407 e. The summed E-state index contributed by atoms with van der Waals surface area (Å²) in [5.74, 6) is -0.391. The number of methoxy groups -OCH3 is 1. The van der Waals surface area contributed by atoms with E-state index in [0.717, 1.165) is 16.7 Å². The minimum absolute atomic E-state index is 0.320. The van der Waals surface area contributed by atoms with Crippen LogP contribution in [-0.4, -0.2) is 29.8 Å². The molecule has 0 bridgehead atoms. The molecule has 26 heavy (non-hydrogen) atoms. The van der Waals surface area contributed by atoms with E-state index in [2.05, 4.69) is 10.3 Å². The largest absolute Gasteiger partial charge is 0.465 e. The maximum atomic E-state index is 11.8. The van der Waals surface area contributed by atoms with E-state index >= 15 is 0 Å². The number of rotatable bonds is 4. The van der Waals surface area contributed by atoms with Gasteiger partial charge in [-0.15, -0.1) is 0 Å². The number of alkyl carbamates (subject to hydrolysis) is 1. The summed E-state index contributed by atoms with van der Waals surface area (Å²) in [6.07, 6.45) is 1.20. The molecule has 0 aliphatic heterocycles. The second-order valence-electron chi connectivity index (χ2n) is 6.98. The van der Waals surface area contributed by atoms with Crippen molar-refractivity contribution in [2.75, 3.05) is 7.11 Å². The van der Waals surface area contributed by atoms with Crippen molar-refractivity contribution in [3.8, 4) is 11.3 Å². The second kappa shape index (κ2) is 7.99.